The topological polar surface area (TPSA) is 107 Å². The van der Waals surface area contributed by atoms with Crippen LogP contribution in [0.3, 0.4) is 0 Å². The number of aromatic nitrogens is 1. The molecule has 0 amide bonds. The second kappa shape index (κ2) is 9.20. The summed E-state index contributed by atoms with van der Waals surface area (Å²) in [5.41, 5.74) is 3.28. The number of aliphatic imine (C=N–C) groups is 1. The lowest BCUT2D eigenvalue weighted by Gasteiger charge is -2.10. The molecule has 0 spiro atoms. The Balaban J connectivity index is 1.77. The van der Waals surface area contributed by atoms with Gasteiger partial charge in [0.25, 0.3) is 0 Å². The van der Waals surface area contributed by atoms with Crippen molar-refractivity contribution in [2.45, 2.75) is 30.2 Å². The number of guanidine groups is 1. The normalized spacial score (nSPS) is 11.6. The SMILES string of the molecule is Cc1ccc(S(=O)(=O)c2ccc(CN=C(NC#N)Nc3ccncc3)cc2)c(C)c1. The average Bonchev–Trinajstić information content (AvgIpc) is 2.73. The molecule has 0 saturated carbocycles. The molecule has 30 heavy (non-hydrogen) atoms. The molecule has 0 aliphatic carbocycles. The summed E-state index contributed by atoms with van der Waals surface area (Å²) in [7, 11) is -3.59. The van der Waals surface area contributed by atoms with E-state index in [-0.39, 0.29) is 17.4 Å². The third kappa shape index (κ3) is 5.01. The van der Waals surface area contributed by atoms with E-state index in [1.165, 1.54) is 0 Å². The van der Waals surface area contributed by atoms with Gasteiger partial charge in [-0.3, -0.25) is 10.3 Å². The van der Waals surface area contributed by atoms with E-state index in [9.17, 15) is 8.42 Å². The van der Waals surface area contributed by atoms with Crippen LogP contribution in [0, 0.1) is 25.3 Å². The van der Waals surface area contributed by atoms with E-state index in [4.69, 9.17) is 5.26 Å². The number of nitrogens with one attached hydrogen (secondary N) is 2. The quantitative estimate of drug-likeness (QED) is 0.283. The summed E-state index contributed by atoms with van der Waals surface area (Å²) >= 11 is 0. The lowest BCUT2D eigenvalue weighted by Crippen LogP contribution is -2.26. The van der Waals surface area contributed by atoms with Crippen molar-refractivity contribution in [2.75, 3.05) is 5.32 Å². The lowest BCUT2D eigenvalue weighted by molar-refractivity contribution is 0.595. The zero-order chi connectivity index (χ0) is 21.6. The van der Waals surface area contributed by atoms with E-state index in [0.717, 1.165) is 22.4 Å². The van der Waals surface area contributed by atoms with Crippen LogP contribution in [0.5, 0.6) is 0 Å². The Morgan fingerprint density at radius 3 is 2.40 bits per heavy atom. The molecular formula is C22H21N5O2S. The predicted molar refractivity (Wildman–Crippen MR) is 116 cm³/mol. The van der Waals surface area contributed by atoms with Crippen LogP contribution in [0.25, 0.3) is 0 Å². The molecule has 0 bridgehead atoms. The Morgan fingerprint density at radius 2 is 1.77 bits per heavy atom. The van der Waals surface area contributed by atoms with Gasteiger partial charge in [-0.2, -0.15) is 5.26 Å². The summed E-state index contributed by atoms with van der Waals surface area (Å²) in [6.45, 7) is 3.99. The van der Waals surface area contributed by atoms with E-state index < -0.39 is 9.84 Å². The van der Waals surface area contributed by atoms with E-state index in [1.807, 2.05) is 19.2 Å². The molecule has 0 radical (unpaired) electrons. The van der Waals surface area contributed by atoms with E-state index in [2.05, 4.69) is 20.6 Å². The fourth-order valence-electron chi connectivity index (χ4n) is 2.91. The van der Waals surface area contributed by atoms with Gasteiger partial charge in [0.05, 0.1) is 16.3 Å². The van der Waals surface area contributed by atoms with Crippen molar-refractivity contribution in [3.63, 3.8) is 0 Å². The molecule has 152 valence electrons. The fraction of sp³-hybridized carbons (Fsp3) is 0.136. The second-order valence-corrected chi connectivity index (χ2v) is 8.60. The summed E-state index contributed by atoms with van der Waals surface area (Å²) in [6.07, 6.45) is 5.09. The van der Waals surface area contributed by atoms with Crippen LogP contribution in [0.1, 0.15) is 16.7 Å². The third-order valence-electron chi connectivity index (χ3n) is 4.39. The first-order valence-electron chi connectivity index (χ1n) is 9.18. The van der Waals surface area contributed by atoms with E-state index in [1.54, 1.807) is 67.8 Å². The van der Waals surface area contributed by atoms with Crippen molar-refractivity contribution in [3.05, 3.63) is 83.7 Å². The minimum absolute atomic E-state index is 0.229. The number of pyridine rings is 1. The molecule has 8 heteroatoms. The van der Waals surface area contributed by atoms with Gasteiger partial charge in [0.1, 0.15) is 0 Å². The van der Waals surface area contributed by atoms with Crippen molar-refractivity contribution < 1.29 is 8.42 Å². The molecule has 3 rings (SSSR count). The highest BCUT2D eigenvalue weighted by atomic mass is 32.2. The van der Waals surface area contributed by atoms with E-state index in [0.29, 0.717) is 4.90 Å². The Morgan fingerprint density at radius 1 is 1.07 bits per heavy atom. The Kier molecular flexibility index (Phi) is 6.45. The van der Waals surface area contributed by atoms with Crippen molar-refractivity contribution >= 4 is 21.5 Å². The van der Waals surface area contributed by atoms with Crippen molar-refractivity contribution in [2.24, 2.45) is 4.99 Å². The van der Waals surface area contributed by atoms with Gasteiger partial charge in [-0.1, -0.05) is 29.8 Å². The minimum atomic E-state index is -3.59. The molecule has 2 aromatic carbocycles. The molecule has 1 aromatic heterocycles. The second-order valence-electron chi connectivity index (χ2n) is 6.68. The number of aryl methyl sites for hydroxylation is 2. The largest absolute Gasteiger partial charge is 0.325 e. The average molecular weight is 420 g/mol. The maximum Gasteiger partial charge on any atom is 0.209 e. The zero-order valence-corrected chi connectivity index (χ0v) is 17.4. The summed E-state index contributed by atoms with van der Waals surface area (Å²) in [5, 5.41) is 14.4. The number of nitriles is 1. The monoisotopic (exact) mass is 419 g/mol. The summed E-state index contributed by atoms with van der Waals surface area (Å²) in [5.74, 6) is 0.288. The van der Waals surface area contributed by atoms with Crippen LogP contribution >= 0.6 is 0 Å². The maximum atomic E-state index is 12.9. The molecule has 7 nitrogen and oxygen atoms in total. The number of rotatable bonds is 5. The van der Waals surface area contributed by atoms with Gasteiger partial charge in [-0.15, -0.1) is 0 Å². The highest BCUT2D eigenvalue weighted by Crippen LogP contribution is 2.25. The van der Waals surface area contributed by atoms with Gasteiger partial charge >= 0.3 is 0 Å². The van der Waals surface area contributed by atoms with Crippen molar-refractivity contribution in [3.8, 4) is 6.19 Å². The highest BCUT2D eigenvalue weighted by molar-refractivity contribution is 7.91. The molecular weight excluding hydrogens is 398 g/mol. The molecule has 0 fully saturated rings. The van der Waals surface area contributed by atoms with Gasteiger partial charge in [-0.25, -0.2) is 13.4 Å². The molecule has 2 N–H and O–H groups in total. The Labute approximate surface area is 176 Å². The van der Waals surface area contributed by atoms with Crippen LogP contribution in [0.2, 0.25) is 0 Å². The van der Waals surface area contributed by atoms with Gasteiger partial charge < -0.3 is 5.32 Å². The number of hydrogen-bond acceptors (Lipinski definition) is 5. The molecule has 1 heterocycles. The van der Waals surface area contributed by atoms with Crippen LogP contribution in [0.15, 0.2) is 81.8 Å². The third-order valence-corrected chi connectivity index (χ3v) is 6.32. The first kappa shape index (κ1) is 21.0. The molecule has 0 saturated heterocycles. The Hall–Kier alpha value is -3.70. The molecule has 0 atom stereocenters. The first-order valence-corrected chi connectivity index (χ1v) is 10.7. The van der Waals surface area contributed by atoms with Crippen LogP contribution in [0.4, 0.5) is 5.69 Å². The van der Waals surface area contributed by atoms with Gasteiger partial charge in [0.2, 0.25) is 15.8 Å². The van der Waals surface area contributed by atoms with Gasteiger partial charge in [0.15, 0.2) is 6.19 Å². The molecule has 0 aliphatic rings. The standard InChI is InChI=1S/C22H21N5O2S/c1-16-3-8-21(17(2)13-16)30(28,29)20-6-4-18(5-7-20)14-25-22(26-15-23)27-19-9-11-24-12-10-19/h3-13H,14H2,1-2H3,(H2,24,25,26,27). The summed E-state index contributed by atoms with van der Waals surface area (Å²) < 4.78 is 25.9. The molecule has 0 unspecified atom stereocenters. The molecule has 3 aromatic rings. The number of nitrogens with zero attached hydrogens (tertiary/aromatic N) is 3. The van der Waals surface area contributed by atoms with Gasteiger partial charge in [-0.05, 0) is 55.3 Å². The van der Waals surface area contributed by atoms with Crippen molar-refractivity contribution in [1.29, 1.82) is 5.26 Å². The number of anilines is 1. The highest BCUT2D eigenvalue weighted by Gasteiger charge is 2.19. The number of benzene rings is 2. The molecule has 0 aliphatic heterocycles. The van der Waals surface area contributed by atoms with Crippen LogP contribution in [-0.4, -0.2) is 19.4 Å². The van der Waals surface area contributed by atoms with Crippen molar-refractivity contribution in [1.82, 2.24) is 10.3 Å². The lowest BCUT2D eigenvalue weighted by atomic mass is 10.2. The number of sulfone groups is 1. The van der Waals surface area contributed by atoms with Crippen LogP contribution < -0.4 is 10.6 Å². The number of hydrogen-bond donors (Lipinski definition) is 2. The van der Waals surface area contributed by atoms with Gasteiger partial charge in [0, 0.05) is 18.1 Å². The smallest absolute Gasteiger partial charge is 0.209 e. The van der Waals surface area contributed by atoms with E-state index >= 15 is 0 Å². The predicted octanol–water partition coefficient (Wildman–Crippen LogP) is 3.57. The maximum absolute atomic E-state index is 12.9. The zero-order valence-electron chi connectivity index (χ0n) is 16.6. The minimum Gasteiger partial charge on any atom is -0.325 e. The first-order chi connectivity index (χ1) is 14.4. The summed E-state index contributed by atoms with van der Waals surface area (Å²) in [6, 6.07) is 15.4. The Bertz CT molecular complexity index is 1200. The fourth-order valence-corrected chi connectivity index (χ4v) is 4.39. The summed E-state index contributed by atoms with van der Waals surface area (Å²) in [4.78, 5) is 8.83. The van der Waals surface area contributed by atoms with Crippen LogP contribution in [-0.2, 0) is 16.4 Å².